The number of benzene rings is 2. The van der Waals surface area contributed by atoms with Crippen LogP contribution in [0.5, 0.6) is 0 Å². The summed E-state index contributed by atoms with van der Waals surface area (Å²) in [5.41, 5.74) is 5.52. The van der Waals surface area contributed by atoms with Crippen molar-refractivity contribution in [1.29, 1.82) is 0 Å². The van der Waals surface area contributed by atoms with E-state index in [0.717, 1.165) is 17.5 Å². The lowest BCUT2D eigenvalue weighted by molar-refractivity contribution is 0.0955. The SMILES string of the molecule is O=C(N/N=C/C1CC2C=CC1C2)c1ccc(-c2ccccc2)cc1. The summed E-state index contributed by atoms with van der Waals surface area (Å²) in [4.78, 5) is 12.2. The summed E-state index contributed by atoms with van der Waals surface area (Å²) in [6, 6.07) is 17.7. The maximum atomic E-state index is 12.2. The van der Waals surface area contributed by atoms with Crippen LogP contribution >= 0.6 is 0 Å². The third kappa shape index (κ3) is 3.02. The first-order valence-electron chi connectivity index (χ1n) is 8.47. The van der Waals surface area contributed by atoms with Crippen molar-refractivity contribution in [3.8, 4) is 11.1 Å². The van der Waals surface area contributed by atoms with Crippen LogP contribution in [0.4, 0.5) is 0 Å². The van der Waals surface area contributed by atoms with Crippen LogP contribution in [0.1, 0.15) is 23.2 Å². The van der Waals surface area contributed by atoms with E-state index in [0.29, 0.717) is 23.3 Å². The van der Waals surface area contributed by atoms with E-state index in [1.54, 1.807) is 0 Å². The second-order valence-electron chi connectivity index (χ2n) is 6.61. The standard InChI is InChI=1S/C21H20N2O/c24-21(23-22-14-20-13-15-6-7-19(20)12-15)18-10-8-17(9-11-18)16-4-2-1-3-5-16/h1-11,14-15,19-20H,12-13H2,(H,23,24)/b22-14+. The summed E-state index contributed by atoms with van der Waals surface area (Å²) >= 11 is 0. The summed E-state index contributed by atoms with van der Waals surface area (Å²) < 4.78 is 0. The van der Waals surface area contributed by atoms with Crippen LogP contribution in [-0.4, -0.2) is 12.1 Å². The highest BCUT2D eigenvalue weighted by Crippen LogP contribution is 2.42. The van der Waals surface area contributed by atoms with E-state index in [2.05, 4.69) is 34.8 Å². The average molecular weight is 316 g/mol. The number of hydrogen-bond acceptors (Lipinski definition) is 2. The van der Waals surface area contributed by atoms with Gasteiger partial charge in [-0.3, -0.25) is 4.79 Å². The molecule has 0 spiro atoms. The van der Waals surface area contributed by atoms with Crippen molar-refractivity contribution >= 4 is 12.1 Å². The van der Waals surface area contributed by atoms with E-state index >= 15 is 0 Å². The van der Waals surface area contributed by atoms with Crippen LogP contribution in [0.25, 0.3) is 11.1 Å². The van der Waals surface area contributed by atoms with Crippen molar-refractivity contribution < 1.29 is 4.79 Å². The Kier molecular flexibility index (Phi) is 3.99. The molecule has 3 nitrogen and oxygen atoms in total. The highest BCUT2D eigenvalue weighted by atomic mass is 16.2. The van der Waals surface area contributed by atoms with Gasteiger partial charge in [-0.15, -0.1) is 0 Å². The largest absolute Gasteiger partial charge is 0.271 e. The maximum absolute atomic E-state index is 12.2. The summed E-state index contributed by atoms with van der Waals surface area (Å²) in [5, 5.41) is 4.17. The molecule has 0 aromatic heterocycles. The molecule has 0 aliphatic heterocycles. The first kappa shape index (κ1) is 14.9. The minimum absolute atomic E-state index is 0.162. The monoisotopic (exact) mass is 316 g/mol. The lowest BCUT2D eigenvalue weighted by atomic mass is 9.95. The Morgan fingerprint density at radius 1 is 0.958 bits per heavy atom. The smallest absolute Gasteiger partial charge is 0.267 e. The van der Waals surface area contributed by atoms with Gasteiger partial charge in [-0.1, -0.05) is 54.6 Å². The molecule has 4 rings (SSSR count). The molecule has 0 radical (unpaired) electrons. The molecule has 24 heavy (non-hydrogen) atoms. The summed E-state index contributed by atoms with van der Waals surface area (Å²) in [6.45, 7) is 0. The number of hydrazone groups is 1. The molecule has 2 bridgehead atoms. The summed E-state index contributed by atoms with van der Waals surface area (Å²) in [7, 11) is 0. The van der Waals surface area contributed by atoms with Gasteiger partial charge in [0.2, 0.25) is 0 Å². The molecular weight excluding hydrogens is 296 g/mol. The van der Waals surface area contributed by atoms with E-state index in [9.17, 15) is 4.79 Å². The second-order valence-corrected chi connectivity index (χ2v) is 6.61. The van der Waals surface area contributed by atoms with Gasteiger partial charge in [-0.25, -0.2) is 5.43 Å². The van der Waals surface area contributed by atoms with Gasteiger partial charge >= 0.3 is 0 Å². The van der Waals surface area contributed by atoms with Crippen LogP contribution in [0.3, 0.4) is 0 Å². The van der Waals surface area contributed by atoms with Crippen molar-refractivity contribution in [1.82, 2.24) is 5.43 Å². The first-order chi connectivity index (χ1) is 11.8. The van der Waals surface area contributed by atoms with Gasteiger partial charge in [0.05, 0.1) is 0 Å². The number of carbonyl (C=O) groups excluding carboxylic acids is 1. The van der Waals surface area contributed by atoms with Crippen molar-refractivity contribution in [2.45, 2.75) is 12.8 Å². The number of carbonyl (C=O) groups is 1. The van der Waals surface area contributed by atoms with E-state index in [1.165, 1.54) is 6.42 Å². The molecule has 120 valence electrons. The lowest BCUT2D eigenvalue weighted by Crippen LogP contribution is -2.19. The maximum Gasteiger partial charge on any atom is 0.271 e. The fourth-order valence-electron chi connectivity index (χ4n) is 3.70. The number of allylic oxidation sites excluding steroid dienone is 2. The third-order valence-corrected chi connectivity index (χ3v) is 5.02. The van der Waals surface area contributed by atoms with Crippen molar-refractivity contribution in [2.75, 3.05) is 0 Å². The van der Waals surface area contributed by atoms with E-state index in [-0.39, 0.29) is 5.91 Å². The second kappa shape index (κ2) is 6.44. The normalized spacial score (nSPS) is 24.6. The highest BCUT2D eigenvalue weighted by molar-refractivity contribution is 5.94. The molecule has 2 aliphatic rings. The lowest BCUT2D eigenvalue weighted by Gasteiger charge is -2.11. The Hall–Kier alpha value is -2.68. The molecule has 1 N–H and O–H groups in total. The zero-order chi connectivity index (χ0) is 16.4. The fraction of sp³-hybridized carbons (Fsp3) is 0.238. The van der Waals surface area contributed by atoms with E-state index < -0.39 is 0 Å². The van der Waals surface area contributed by atoms with Crippen molar-refractivity contribution in [3.63, 3.8) is 0 Å². The van der Waals surface area contributed by atoms with E-state index in [1.807, 2.05) is 48.7 Å². The molecule has 3 atom stereocenters. The molecule has 2 aromatic carbocycles. The predicted octanol–water partition coefficient (Wildman–Crippen LogP) is 4.28. The number of rotatable bonds is 4. The van der Waals surface area contributed by atoms with Gasteiger partial charge < -0.3 is 0 Å². The fourth-order valence-corrected chi connectivity index (χ4v) is 3.70. The minimum Gasteiger partial charge on any atom is -0.267 e. The number of amides is 1. The first-order valence-corrected chi connectivity index (χ1v) is 8.47. The predicted molar refractivity (Wildman–Crippen MR) is 96.7 cm³/mol. The molecule has 3 heteroatoms. The van der Waals surface area contributed by atoms with Crippen LogP contribution < -0.4 is 5.43 Å². The molecular formula is C21H20N2O. The Bertz CT molecular complexity index is 777. The Morgan fingerprint density at radius 3 is 2.38 bits per heavy atom. The summed E-state index contributed by atoms with van der Waals surface area (Å²) in [6.07, 6.45) is 8.90. The van der Waals surface area contributed by atoms with Crippen molar-refractivity contribution in [2.24, 2.45) is 22.9 Å². The van der Waals surface area contributed by atoms with Gasteiger partial charge in [0.1, 0.15) is 0 Å². The molecule has 0 saturated heterocycles. The zero-order valence-corrected chi connectivity index (χ0v) is 13.4. The molecule has 2 aliphatic carbocycles. The van der Waals surface area contributed by atoms with Gasteiger partial charge in [0.15, 0.2) is 0 Å². The van der Waals surface area contributed by atoms with Gasteiger partial charge in [-0.05, 0) is 47.9 Å². The van der Waals surface area contributed by atoms with Crippen LogP contribution in [0, 0.1) is 17.8 Å². The van der Waals surface area contributed by atoms with Crippen LogP contribution in [0.2, 0.25) is 0 Å². The Labute approximate surface area is 142 Å². The van der Waals surface area contributed by atoms with Gasteiger partial charge in [-0.2, -0.15) is 5.10 Å². The zero-order valence-electron chi connectivity index (χ0n) is 13.4. The quantitative estimate of drug-likeness (QED) is 0.510. The van der Waals surface area contributed by atoms with Crippen LogP contribution in [0.15, 0.2) is 71.9 Å². The molecule has 1 fully saturated rings. The molecule has 0 heterocycles. The molecule has 3 unspecified atom stereocenters. The van der Waals surface area contributed by atoms with E-state index in [4.69, 9.17) is 0 Å². The van der Waals surface area contributed by atoms with Crippen molar-refractivity contribution in [3.05, 3.63) is 72.3 Å². The number of hydrogen-bond donors (Lipinski definition) is 1. The number of nitrogens with one attached hydrogen (secondary N) is 1. The molecule has 2 aromatic rings. The summed E-state index contributed by atoms with van der Waals surface area (Å²) in [5.74, 6) is 1.64. The van der Waals surface area contributed by atoms with Gasteiger partial charge in [0, 0.05) is 17.7 Å². The Morgan fingerprint density at radius 2 is 1.71 bits per heavy atom. The highest BCUT2D eigenvalue weighted by Gasteiger charge is 2.34. The van der Waals surface area contributed by atoms with Gasteiger partial charge in [0.25, 0.3) is 5.91 Å². The number of fused-ring (bicyclic) bond motifs is 2. The Balaban J connectivity index is 1.37. The average Bonchev–Trinajstić information content (AvgIpc) is 3.26. The topological polar surface area (TPSA) is 41.5 Å². The third-order valence-electron chi connectivity index (χ3n) is 5.02. The molecule has 1 amide bonds. The minimum atomic E-state index is -0.162. The molecule has 1 saturated carbocycles. The number of nitrogens with zero attached hydrogens (tertiary/aromatic N) is 1. The van der Waals surface area contributed by atoms with Crippen LogP contribution in [-0.2, 0) is 0 Å².